The van der Waals surface area contributed by atoms with Gasteiger partial charge in [0.15, 0.2) is 0 Å². The van der Waals surface area contributed by atoms with E-state index in [4.69, 9.17) is 14.2 Å². The summed E-state index contributed by atoms with van der Waals surface area (Å²) in [6, 6.07) is 29.5. The summed E-state index contributed by atoms with van der Waals surface area (Å²) in [6.45, 7) is 2.72. The molecule has 7 heteroatoms. The van der Waals surface area contributed by atoms with Crippen molar-refractivity contribution in [2.45, 2.75) is 54.8 Å². The zero-order chi connectivity index (χ0) is 22.9. The average Bonchev–Trinajstić information content (AvgIpc) is 2.86. The molecule has 5 unspecified atom stereocenters. The Balaban J connectivity index is 1.60. The lowest BCUT2D eigenvalue weighted by atomic mass is 9.98. The lowest BCUT2D eigenvalue weighted by Crippen LogP contribution is -2.56. The van der Waals surface area contributed by atoms with Gasteiger partial charge in [0.05, 0.1) is 31.5 Å². The van der Waals surface area contributed by atoms with Gasteiger partial charge in [-0.25, -0.2) is 0 Å². The van der Waals surface area contributed by atoms with E-state index in [1.165, 1.54) is 0 Å². The van der Waals surface area contributed by atoms with Crippen LogP contribution in [0.25, 0.3) is 10.4 Å². The van der Waals surface area contributed by atoms with Gasteiger partial charge in [0.25, 0.3) is 0 Å². The number of benzene rings is 3. The molecule has 1 fully saturated rings. The van der Waals surface area contributed by atoms with Gasteiger partial charge in [0.1, 0.15) is 11.5 Å². The molecule has 170 valence electrons. The maximum Gasteiger partial charge on any atom is 0.136 e. The molecule has 0 N–H and O–H groups in total. The van der Waals surface area contributed by atoms with Gasteiger partial charge >= 0.3 is 0 Å². The van der Waals surface area contributed by atoms with Crippen molar-refractivity contribution in [2.75, 3.05) is 0 Å². The first-order valence-electron chi connectivity index (χ1n) is 11.0. The van der Waals surface area contributed by atoms with Gasteiger partial charge in [0.2, 0.25) is 0 Å². The zero-order valence-electron chi connectivity index (χ0n) is 18.4. The Labute approximate surface area is 198 Å². The van der Waals surface area contributed by atoms with Gasteiger partial charge in [-0.15, -0.1) is 0 Å². The van der Waals surface area contributed by atoms with Crippen molar-refractivity contribution in [3.63, 3.8) is 0 Å². The van der Waals surface area contributed by atoms with Crippen LogP contribution >= 0.6 is 11.8 Å². The first-order valence-corrected chi connectivity index (χ1v) is 11.8. The van der Waals surface area contributed by atoms with E-state index >= 15 is 0 Å². The molecule has 0 amide bonds. The molecule has 0 aromatic heterocycles. The Bertz CT molecular complexity index is 1030. The molecule has 0 aliphatic carbocycles. The largest absolute Gasteiger partial charge is 0.370 e. The molecule has 1 aliphatic heterocycles. The Morgan fingerprint density at radius 1 is 0.818 bits per heavy atom. The summed E-state index contributed by atoms with van der Waals surface area (Å²) < 4.78 is 19.1. The number of ether oxygens (including phenoxy) is 3. The molecule has 6 nitrogen and oxygen atoms in total. The van der Waals surface area contributed by atoms with E-state index in [0.717, 1.165) is 16.0 Å². The minimum atomic E-state index is -0.507. The molecule has 4 rings (SSSR count). The molecule has 1 saturated heterocycles. The number of nitrogens with zero attached hydrogens (tertiary/aromatic N) is 3. The highest BCUT2D eigenvalue weighted by molar-refractivity contribution is 7.99. The van der Waals surface area contributed by atoms with Crippen LogP contribution in [0.15, 0.2) is 101 Å². The van der Waals surface area contributed by atoms with Crippen molar-refractivity contribution in [1.82, 2.24) is 0 Å². The lowest BCUT2D eigenvalue weighted by Gasteiger charge is -2.43. The fraction of sp³-hybridized carbons (Fsp3) is 0.308. The Kier molecular flexibility index (Phi) is 8.41. The van der Waals surface area contributed by atoms with Gasteiger partial charge in [0, 0.05) is 9.81 Å². The zero-order valence-corrected chi connectivity index (χ0v) is 19.3. The number of azide groups is 1. The average molecular weight is 462 g/mol. The summed E-state index contributed by atoms with van der Waals surface area (Å²) in [5.74, 6) is 0. The highest BCUT2D eigenvalue weighted by Gasteiger charge is 2.46. The number of hydrogen-bond acceptors (Lipinski definition) is 5. The van der Waals surface area contributed by atoms with Crippen molar-refractivity contribution < 1.29 is 14.2 Å². The molecule has 0 radical (unpaired) electrons. The predicted octanol–water partition coefficient (Wildman–Crippen LogP) is 6.37. The second kappa shape index (κ2) is 11.9. The molecule has 1 heterocycles. The van der Waals surface area contributed by atoms with Crippen molar-refractivity contribution in [1.29, 1.82) is 0 Å². The topological polar surface area (TPSA) is 76.5 Å². The van der Waals surface area contributed by atoms with Crippen LogP contribution in [0.1, 0.15) is 18.1 Å². The third kappa shape index (κ3) is 6.38. The van der Waals surface area contributed by atoms with Crippen LogP contribution in [0, 0.1) is 0 Å². The Morgan fingerprint density at radius 3 is 1.88 bits per heavy atom. The number of thioether (sulfide) groups is 1. The Hall–Kier alpha value is -2.80. The van der Waals surface area contributed by atoms with Crippen molar-refractivity contribution >= 4 is 11.8 Å². The maximum absolute atomic E-state index is 9.24. The third-order valence-corrected chi connectivity index (χ3v) is 6.67. The third-order valence-electron chi connectivity index (χ3n) is 5.51. The van der Waals surface area contributed by atoms with E-state index in [1.54, 1.807) is 11.8 Å². The Morgan fingerprint density at radius 2 is 1.33 bits per heavy atom. The van der Waals surface area contributed by atoms with Crippen LogP contribution in [0.5, 0.6) is 0 Å². The van der Waals surface area contributed by atoms with Crippen LogP contribution in [0.4, 0.5) is 0 Å². The standard InChI is InChI=1S/C26H27N3O3S/c1-19-23(28-29-27)24(30-17-20-11-5-2-6-12-20)25(31-18-21-13-7-3-8-14-21)26(32-19)33-22-15-9-4-10-16-22/h2-16,19,23-26H,17-18H2,1H3. The summed E-state index contributed by atoms with van der Waals surface area (Å²) in [4.78, 5) is 4.16. The van der Waals surface area contributed by atoms with Crippen LogP contribution in [-0.2, 0) is 27.4 Å². The van der Waals surface area contributed by atoms with Gasteiger partial charge < -0.3 is 14.2 Å². The second-order valence-electron chi connectivity index (χ2n) is 7.86. The molecule has 1 aliphatic rings. The lowest BCUT2D eigenvalue weighted by molar-refractivity contribution is -0.187. The van der Waals surface area contributed by atoms with E-state index in [1.807, 2.05) is 97.9 Å². The van der Waals surface area contributed by atoms with Gasteiger partial charge in [-0.3, -0.25) is 0 Å². The van der Waals surface area contributed by atoms with Crippen LogP contribution in [0.2, 0.25) is 0 Å². The highest BCUT2D eigenvalue weighted by atomic mass is 32.2. The van der Waals surface area contributed by atoms with E-state index in [2.05, 4.69) is 10.0 Å². The van der Waals surface area contributed by atoms with E-state index in [0.29, 0.717) is 13.2 Å². The quantitative estimate of drug-likeness (QED) is 0.211. The maximum atomic E-state index is 9.24. The van der Waals surface area contributed by atoms with Gasteiger partial charge in [-0.2, -0.15) is 0 Å². The molecule has 3 aromatic carbocycles. The minimum Gasteiger partial charge on any atom is -0.370 e. The van der Waals surface area contributed by atoms with Crippen LogP contribution in [0.3, 0.4) is 0 Å². The summed E-state index contributed by atoms with van der Waals surface area (Å²) in [6.07, 6.45) is -1.22. The summed E-state index contributed by atoms with van der Waals surface area (Å²) >= 11 is 1.60. The van der Waals surface area contributed by atoms with Crippen LogP contribution < -0.4 is 0 Å². The number of rotatable bonds is 9. The van der Waals surface area contributed by atoms with Crippen molar-refractivity contribution in [3.05, 3.63) is 113 Å². The molecule has 0 bridgehead atoms. The monoisotopic (exact) mass is 461 g/mol. The molecule has 3 aromatic rings. The number of hydrogen-bond donors (Lipinski definition) is 0. The first kappa shape index (κ1) is 23.4. The molecule has 0 spiro atoms. The normalized spacial score (nSPS) is 24.7. The van der Waals surface area contributed by atoms with Gasteiger partial charge in [-0.05, 0) is 35.7 Å². The molecular weight excluding hydrogens is 434 g/mol. The van der Waals surface area contributed by atoms with Crippen molar-refractivity contribution in [3.8, 4) is 0 Å². The minimum absolute atomic E-state index is 0.320. The van der Waals surface area contributed by atoms with E-state index < -0.39 is 18.2 Å². The van der Waals surface area contributed by atoms with Crippen molar-refractivity contribution in [2.24, 2.45) is 5.11 Å². The fourth-order valence-electron chi connectivity index (χ4n) is 3.83. The predicted molar refractivity (Wildman–Crippen MR) is 130 cm³/mol. The summed E-state index contributed by atoms with van der Waals surface area (Å²) in [5.41, 5.74) is 11.0. The molecular formula is C26H27N3O3S. The second-order valence-corrected chi connectivity index (χ2v) is 9.03. The summed E-state index contributed by atoms with van der Waals surface area (Å²) in [5, 5.41) is 4.05. The van der Waals surface area contributed by atoms with E-state index in [9.17, 15) is 5.53 Å². The van der Waals surface area contributed by atoms with Crippen LogP contribution in [-0.4, -0.2) is 29.8 Å². The molecule has 0 saturated carbocycles. The highest BCUT2D eigenvalue weighted by Crippen LogP contribution is 2.37. The van der Waals surface area contributed by atoms with E-state index in [-0.39, 0.29) is 11.5 Å². The smallest absolute Gasteiger partial charge is 0.136 e. The van der Waals surface area contributed by atoms with Gasteiger partial charge in [-0.1, -0.05) is 95.7 Å². The first-order chi connectivity index (χ1) is 16.2. The molecule has 33 heavy (non-hydrogen) atoms. The summed E-state index contributed by atoms with van der Waals surface area (Å²) in [7, 11) is 0. The molecule has 5 atom stereocenters. The fourth-order valence-corrected chi connectivity index (χ4v) is 5.01. The SMILES string of the molecule is CC1OC(Sc2ccccc2)C(OCc2ccccc2)C(OCc2ccccc2)C1N=[N+]=[N-].